The zero-order valence-electron chi connectivity index (χ0n) is 15.4. The Morgan fingerprint density at radius 2 is 1.97 bits per heavy atom. The number of rotatable bonds is 3. The molecule has 0 amide bonds. The number of halogens is 1. The quantitative estimate of drug-likeness (QED) is 0.590. The molecule has 30 heavy (non-hydrogen) atoms. The molecular weight excluding hydrogens is 412 g/mol. The summed E-state index contributed by atoms with van der Waals surface area (Å²) >= 11 is 6.00. The summed E-state index contributed by atoms with van der Waals surface area (Å²) in [5.41, 5.74) is 2.93. The van der Waals surface area contributed by atoms with Crippen LogP contribution in [0.3, 0.4) is 0 Å². The zero-order valence-corrected chi connectivity index (χ0v) is 16.1. The van der Waals surface area contributed by atoms with Crippen molar-refractivity contribution in [3.8, 4) is 23.1 Å². The molecule has 0 unspecified atom stereocenters. The highest BCUT2D eigenvalue weighted by atomic mass is 35.5. The molecule has 3 N–H and O–H groups in total. The van der Waals surface area contributed by atoms with Gasteiger partial charge in [0.2, 0.25) is 12.7 Å². The van der Waals surface area contributed by atoms with Crippen molar-refractivity contribution in [2.24, 2.45) is 5.10 Å². The second-order valence-electron chi connectivity index (χ2n) is 6.83. The van der Waals surface area contributed by atoms with Crippen molar-refractivity contribution < 1.29 is 14.6 Å². The normalized spacial score (nSPS) is 17.0. The van der Waals surface area contributed by atoms with E-state index >= 15 is 0 Å². The first kappa shape index (κ1) is 18.3. The van der Waals surface area contributed by atoms with Gasteiger partial charge in [-0.25, -0.2) is 9.36 Å². The molecular formula is C20H15ClN4O5. The number of aromatic amines is 1. The zero-order chi connectivity index (χ0) is 20.8. The third kappa shape index (κ3) is 3.00. The maximum Gasteiger partial charge on any atom is 0.335 e. The number of H-pyrrole nitrogens is 1. The average molecular weight is 427 g/mol. The predicted octanol–water partition coefficient (Wildman–Crippen LogP) is 2.05. The average Bonchev–Trinajstić information content (AvgIpc) is 3.36. The molecule has 9 nitrogen and oxygen atoms in total. The number of aromatic hydroxyl groups is 1. The summed E-state index contributed by atoms with van der Waals surface area (Å²) in [6.07, 6.45) is 0.323. The van der Waals surface area contributed by atoms with E-state index in [9.17, 15) is 14.7 Å². The van der Waals surface area contributed by atoms with Crippen LogP contribution in [0.4, 0.5) is 0 Å². The molecule has 0 saturated carbocycles. The van der Waals surface area contributed by atoms with E-state index in [0.29, 0.717) is 34.3 Å². The van der Waals surface area contributed by atoms with Crippen molar-refractivity contribution in [2.75, 3.05) is 6.79 Å². The van der Waals surface area contributed by atoms with Crippen molar-refractivity contribution in [1.82, 2.24) is 15.0 Å². The molecule has 0 radical (unpaired) electrons. The summed E-state index contributed by atoms with van der Waals surface area (Å²) < 4.78 is 11.7. The van der Waals surface area contributed by atoms with Crippen molar-refractivity contribution in [2.45, 2.75) is 12.5 Å². The lowest BCUT2D eigenvalue weighted by Gasteiger charge is -2.12. The van der Waals surface area contributed by atoms with E-state index < -0.39 is 17.1 Å². The Hall–Kier alpha value is -3.72. The fraction of sp³-hybridized carbons (Fsp3) is 0.150. The first-order chi connectivity index (χ1) is 14.5. The lowest BCUT2D eigenvalue weighted by molar-refractivity contribution is 0.174. The minimum atomic E-state index is -0.776. The van der Waals surface area contributed by atoms with Crippen LogP contribution in [0, 0.1) is 0 Å². The van der Waals surface area contributed by atoms with Crippen molar-refractivity contribution >= 4 is 17.3 Å². The van der Waals surface area contributed by atoms with Gasteiger partial charge in [0.1, 0.15) is 5.56 Å². The highest BCUT2D eigenvalue weighted by Gasteiger charge is 2.28. The fourth-order valence-electron chi connectivity index (χ4n) is 3.56. The molecule has 3 heterocycles. The van der Waals surface area contributed by atoms with Gasteiger partial charge in [-0.15, -0.1) is 0 Å². The Morgan fingerprint density at radius 1 is 1.13 bits per heavy atom. The SMILES string of the molecule is O=c1[nH]c(=O)n(-c2cccc(Cl)c2)c(O)c1C1=NN[C@@H](c2ccc3c(c2)OCO3)C1. The first-order valence-corrected chi connectivity index (χ1v) is 9.45. The Labute approximate surface area is 174 Å². The molecule has 0 fully saturated rings. The molecule has 2 aliphatic rings. The van der Waals surface area contributed by atoms with Gasteiger partial charge in [-0.1, -0.05) is 23.7 Å². The van der Waals surface area contributed by atoms with Gasteiger partial charge in [0.25, 0.3) is 5.56 Å². The Balaban J connectivity index is 1.51. The Bertz CT molecular complexity index is 1310. The van der Waals surface area contributed by atoms with Gasteiger partial charge in [-0.3, -0.25) is 9.78 Å². The largest absolute Gasteiger partial charge is 0.493 e. The van der Waals surface area contributed by atoms with E-state index in [4.69, 9.17) is 21.1 Å². The number of fused-ring (bicyclic) bond motifs is 1. The molecule has 0 spiro atoms. The number of hydrogen-bond acceptors (Lipinski definition) is 7. The second kappa shape index (κ2) is 6.96. The van der Waals surface area contributed by atoms with E-state index in [1.54, 1.807) is 24.3 Å². The summed E-state index contributed by atoms with van der Waals surface area (Å²) in [6.45, 7) is 0.174. The molecule has 10 heteroatoms. The van der Waals surface area contributed by atoms with E-state index in [2.05, 4.69) is 15.5 Å². The highest BCUT2D eigenvalue weighted by Crippen LogP contribution is 2.36. The van der Waals surface area contributed by atoms with Crippen LogP contribution in [0.1, 0.15) is 23.6 Å². The van der Waals surface area contributed by atoms with Crippen LogP contribution >= 0.6 is 11.6 Å². The standard InChI is InChI=1S/C20H15ClN4O5/c21-11-2-1-3-12(7-11)25-19(27)17(18(26)22-20(25)28)14-8-13(23-24-14)10-4-5-15-16(6-10)30-9-29-15/h1-7,13,23,27H,8-9H2,(H,22,26,28)/t13-/m1/s1. The molecule has 0 aliphatic carbocycles. The molecule has 2 aromatic carbocycles. The van der Waals surface area contributed by atoms with Gasteiger partial charge in [0.15, 0.2) is 11.5 Å². The molecule has 5 rings (SSSR count). The first-order valence-electron chi connectivity index (χ1n) is 9.07. The van der Waals surface area contributed by atoms with Crippen LogP contribution in [0.25, 0.3) is 5.69 Å². The maximum absolute atomic E-state index is 12.5. The van der Waals surface area contributed by atoms with E-state index in [1.165, 1.54) is 6.07 Å². The molecule has 1 aromatic heterocycles. The minimum absolute atomic E-state index is 0.0784. The minimum Gasteiger partial charge on any atom is -0.493 e. The number of aromatic nitrogens is 2. The third-order valence-corrected chi connectivity index (χ3v) is 5.23. The highest BCUT2D eigenvalue weighted by molar-refractivity contribution is 6.30. The summed E-state index contributed by atoms with van der Waals surface area (Å²) in [4.78, 5) is 27.1. The van der Waals surface area contributed by atoms with Crippen molar-refractivity contribution in [3.05, 3.63) is 79.5 Å². The number of hydrazone groups is 1. The fourth-order valence-corrected chi connectivity index (χ4v) is 3.75. The van der Waals surface area contributed by atoms with Crippen molar-refractivity contribution in [3.63, 3.8) is 0 Å². The van der Waals surface area contributed by atoms with Gasteiger partial charge in [0, 0.05) is 11.4 Å². The molecule has 3 aromatic rings. The number of hydrogen-bond donors (Lipinski definition) is 3. The van der Waals surface area contributed by atoms with Crippen LogP contribution in [-0.4, -0.2) is 27.2 Å². The van der Waals surface area contributed by atoms with Crippen molar-refractivity contribution in [1.29, 1.82) is 0 Å². The second-order valence-corrected chi connectivity index (χ2v) is 7.27. The van der Waals surface area contributed by atoms with Gasteiger partial charge in [-0.2, -0.15) is 5.10 Å². The predicted molar refractivity (Wildman–Crippen MR) is 109 cm³/mol. The lowest BCUT2D eigenvalue weighted by atomic mass is 9.99. The molecule has 152 valence electrons. The summed E-state index contributed by atoms with van der Waals surface area (Å²) in [7, 11) is 0. The topological polar surface area (TPSA) is 118 Å². The van der Waals surface area contributed by atoms with Gasteiger partial charge in [-0.05, 0) is 35.9 Å². The molecule has 0 saturated heterocycles. The smallest absolute Gasteiger partial charge is 0.335 e. The molecule has 0 bridgehead atoms. The van der Waals surface area contributed by atoms with Crippen LogP contribution < -0.4 is 26.1 Å². The monoisotopic (exact) mass is 426 g/mol. The van der Waals surface area contributed by atoms with Crippen LogP contribution in [-0.2, 0) is 0 Å². The van der Waals surface area contributed by atoms with E-state index in [0.717, 1.165) is 10.1 Å². The van der Waals surface area contributed by atoms with Gasteiger partial charge >= 0.3 is 5.69 Å². The molecule has 2 aliphatic heterocycles. The lowest BCUT2D eigenvalue weighted by Crippen LogP contribution is -2.33. The van der Waals surface area contributed by atoms with Gasteiger partial charge in [0.05, 0.1) is 17.4 Å². The number of benzene rings is 2. The molecule has 1 atom stereocenters. The number of nitrogens with zero attached hydrogens (tertiary/aromatic N) is 2. The summed E-state index contributed by atoms with van der Waals surface area (Å²) in [6, 6.07) is 11.7. The summed E-state index contributed by atoms with van der Waals surface area (Å²) in [5, 5.41) is 15.4. The maximum atomic E-state index is 12.5. The van der Waals surface area contributed by atoms with Crippen LogP contribution in [0.5, 0.6) is 17.4 Å². The number of nitrogens with one attached hydrogen (secondary N) is 2. The van der Waals surface area contributed by atoms with Gasteiger partial charge < -0.3 is 20.0 Å². The third-order valence-electron chi connectivity index (χ3n) is 4.99. The summed E-state index contributed by atoms with van der Waals surface area (Å²) in [5.74, 6) is 0.802. The number of ether oxygens (including phenoxy) is 2. The van der Waals surface area contributed by atoms with E-state index in [1.807, 2.05) is 12.1 Å². The van der Waals surface area contributed by atoms with E-state index in [-0.39, 0.29) is 18.4 Å². The Morgan fingerprint density at radius 3 is 2.80 bits per heavy atom. The van der Waals surface area contributed by atoms with Crippen LogP contribution in [0.2, 0.25) is 5.02 Å². The van der Waals surface area contributed by atoms with Crippen LogP contribution in [0.15, 0.2) is 57.2 Å². The Kier molecular flexibility index (Phi) is 4.25.